The van der Waals surface area contributed by atoms with Gasteiger partial charge in [-0.25, -0.2) is 0 Å². The van der Waals surface area contributed by atoms with Crippen molar-refractivity contribution >= 4 is 14.8 Å². The second-order valence-corrected chi connectivity index (χ2v) is 1.84. The van der Waals surface area contributed by atoms with Crippen molar-refractivity contribution in [2.75, 3.05) is 0 Å². The lowest BCUT2D eigenvalue weighted by Gasteiger charge is -2.01. The van der Waals surface area contributed by atoms with Gasteiger partial charge in [-0.2, -0.15) is 0 Å². The Morgan fingerprint density at radius 1 is 1.67 bits per heavy atom. The molecule has 0 saturated heterocycles. The standard InChI is InChI=1S/C4H11B2O3/c1-2-3-4-6(8)9-5-7/h7-8H,2-4H2,1H3. The fourth-order valence-electron chi connectivity index (χ4n) is 0.517. The number of unbranched alkanes of at least 4 members (excludes halogenated alkanes) is 1. The predicted molar refractivity (Wildman–Crippen MR) is 36.7 cm³/mol. The van der Waals surface area contributed by atoms with Gasteiger partial charge in [0, 0.05) is 0 Å². The maximum absolute atomic E-state index is 8.77. The molecule has 0 saturated carbocycles. The topological polar surface area (TPSA) is 49.7 Å². The van der Waals surface area contributed by atoms with E-state index in [0.29, 0.717) is 14.0 Å². The zero-order chi connectivity index (χ0) is 7.11. The molecule has 0 unspecified atom stereocenters. The minimum absolute atomic E-state index is 0.514. The van der Waals surface area contributed by atoms with E-state index in [4.69, 9.17) is 10.0 Å². The van der Waals surface area contributed by atoms with E-state index < -0.39 is 7.12 Å². The molecule has 0 aliphatic carbocycles. The number of hydrogen-bond donors (Lipinski definition) is 2. The monoisotopic (exact) mass is 129 g/mol. The largest absolute Gasteiger partial charge is 0.470 e. The van der Waals surface area contributed by atoms with Gasteiger partial charge < -0.3 is 14.6 Å². The van der Waals surface area contributed by atoms with Crippen LogP contribution in [0.4, 0.5) is 0 Å². The van der Waals surface area contributed by atoms with Gasteiger partial charge in [0.25, 0.3) is 0 Å². The highest BCUT2D eigenvalue weighted by molar-refractivity contribution is 6.49. The summed E-state index contributed by atoms with van der Waals surface area (Å²) in [7, 11) is -0.324. The SMILES string of the molecule is CCCCB(O)O[B]O. The highest BCUT2D eigenvalue weighted by atomic mass is 16.5. The molecule has 0 bridgehead atoms. The Balaban J connectivity index is 2.95. The van der Waals surface area contributed by atoms with Crippen LogP contribution >= 0.6 is 0 Å². The molecule has 3 nitrogen and oxygen atoms in total. The van der Waals surface area contributed by atoms with Crippen molar-refractivity contribution in [1.82, 2.24) is 0 Å². The maximum Gasteiger partial charge on any atom is 0.470 e. The summed E-state index contributed by atoms with van der Waals surface area (Å²) in [6.45, 7) is 2.02. The van der Waals surface area contributed by atoms with Gasteiger partial charge in [-0.05, 0) is 6.32 Å². The van der Waals surface area contributed by atoms with Crippen LogP contribution in [0.25, 0.3) is 0 Å². The summed E-state index contributed by atoms with van der Waals surface area (Å²) < 4.78 is 4.33. The Labute approximate surface area is 56.5 Å². The third-order valence-corrected chi connectivity index (χ3v) is 1.02. The summed E-state index contributed by atoms with van der Waals surface area (Å²) >= 11 is 0. The maximum atomic E-state index is 8.77. The summed E-state index contributed by atoms with van der Waals surface area (Å²) in [5.41, 5.74) is 0. The van der Waals surface area contributed by atoms with Gasteiger partial charge in [-0.3, -0.25) is 0 Å². The smallest absolute Gasteiger partial charge is 0.453 e. The molecule has 0 amide bonds. The molecular formula is C4H11B2O3. The van der Waals surface area contributed by atoms with E-state index in [9.17, 15) is 0 Å². The van der Waals surface area contributed by atoms with Crippen molar-refractivity contribution in [1.29, 1.82) is 0 Å². The molecule has 51 valence electrons. The van der Waals surface area contributed by atoms with Gasteiger partial charge in [0.15, 0.2) is 0 Å². The molecule has 0 heterocycles. The fraction of sp³-hybridized carbons (Fsp3) is 1.00. The summed E-state index contributed by atoms with van der Waals surface area (Å²) in [6, 6.07) is 0. The third-order valence-electron chi connectivity index (χ3n) is 1.02. The van der Waals surface area contributed by atoms with E-state index in [1.807, 2.05) is 6.92 Å². The molecule has 0 rings (SSSR count). The van der Waals surface area contributed by atoms with Crippen molar-refractivity contribution in [3.63, 3.8) is 0 Å². The molecular weight excluding hydrogens is 118 g/mol. The average molecular weight is 129 g/mol. The molecule has 1 radical (unpaired) electrons. The summed E-state index contributed by atoms with van der Waals surface area (Å²) in [5.74, 6) is 0. The lowest BCUT2D eigenvalue weighted by Crippen LogP contribution is -2.19. The van der Waals surface area contributed by atoms with Crippen LogP contribution in [0.3, 0.4) is 0 Å². The molecule has 0 aromatic rings. The summed E-state index contributed by atoms with van der Waals surface area (Å²) in [6.07, 6.45) is 2.51. The van der Waals surface area contributed by atoms with Crippen LogP contribution in [0.2, 0.25) is 6.32 Å². The first-order chi connectivity index (χ1) is 4.31. The molecule has 0 atom stereocenters. The molecule has 0 aromatic carbocycles. The van der Waals surface area contributed by atoms with Crippen LogP contribution in [-0.4, -0.2) is 24.9 Å². The average Bonchev–Trinajstić information content (AvgIpc) is 1.85. The molecule has 0 fully saturated rings. The molecule has 0 aliphatic heterocycles. The van der Waals surface area contributed by atoms with Crippen LogP contribution < -0.4 is 0 Å². The van der Waals surface area contributed by atoms with E-state index in [2.05, 4.69) is 4.57 Å². The van der Waals surface area contributed by atoms with E-state index in [0.717, 1.165) is 12.8 Å². The zero-order valence-electron chi connectivity index (χ0n) is 5.58. The van der Waals surface area contributed by atoms with E-state index in [1.54, 1.807) is 0 Å². The Morgan fingerprint density at radius 3 is 2.78 bits per heavy atom. The van der Waals surface area contributed by atoms with Gasteiger partial charge >= 0.3 is 14.8 Å². The normalized spacial score (nSPS) is 9.22. The van der Waals surface area contributed by atoms with Crippen molar-refractivity contribution in [3.8, 4) is 0 Å². The fourth-order valence-corrected chi connectivity index (χ4v) is 0.517. The summed E-state index contributed by atoms with van der Waals surface area (Å²) in [4.78, 5) is 0. The van der Waals surface area contributed by atoms with Gasteiger partial charge in [0.2, 0.25) is 0 Å². The van der Waals surface area contributed by atoms with Crippen LogP contribution in [0.15, 0.2) is 0 Å². The van der Waals surface area contributed by atoms with E-state index in [-0.39, 0.29) is 0 Å². The van der Waals surface area contributed by atoms with Crippen molar-refractivity contribution in [2.24, 2.45) is 0 Å². The Bertz CT molecular complexity index is 61.8. The first-order valence-electron chi connectivity index (χ1n) is 3.10. The molecule has 9 heavy (non-hydrogen) atoms. The Morgan fingerprint density at radius 2 is 2.33 bits per heavy atom. The quantitative estimate of drug-likeness (QED) is 0.505. The Kier molecular flexibility index (Phi) is 6.14. The minimum Gasteiger partial charge on any atom is -0.453 e. The first-order valence-corrected chi connectivity index (χ1v) is 3.10. The van der Waals surface area contributed by atoms with E-state index >= 15 is 0 Å². The van der Waals surface area contributed by atoms with Gasteiger partial charge in [-0.1, -0.05) is 19.8 Å². The van der Waals surface area contributed by atoms with Crippen molar-refractivity contribution < 1.29 is 14.6 Å². The highest BCUT2D eigenvalue weighted by Gasteiger charge is 2.10. The van der Waals surface area contributed by atoms with Crippen LogP contribution in [0.5, 0.6) is 0 Å². The minimum atomic E-state index is -0.838. The van der Waals surface area contributed by atoms with Crippen LogP contribution in [0.1, 0.15) is 19.8 Å². The van der Waals surface area contributed by atoms with Gasteiger partial charge in [0.05, 0.1) is 0 Å². The molecule has 2 N–H and O–H groups in total. The Hall–Kier alpha value is 0.00987. The van der Waals surface area contributed by atoms with Gasteiger partial charge in [-0.15, -0.1) is 0 Å². The molecule has 0 spiro atoms. The molecule has 5 heteroatoms. The first kappa shape index (κ1) is 9.01. The molecule has 0 aromatic heterocycles. The zero-order valence-corrected chi connectivity index (χ0v) is 5.58. The second-order valence-electron chi connectivity index (χ2n) is 1.84. The highest BCUT2D eigenvalue weighted by Crippen LogP contribution is 1.98. The van der Waals surface area contributed by atoms with Crippen LogP contribution in [-0.2, 0) is 4.57 Å². The van der Waals surface area contributed by atoms with Crippen molar-refractivity contribution in [2.45, 2.75) is 26.1 Å². The third kappa shape index (κ3) is 5.89. The summed E-state index contributed by atoms with van der Waals surface area (Å²) in [5, 5.41) is 16.8. The lowest BCUT2D eigenvalue weighted by molar-refractivity contribution is 0.377. The molecule has 0 aliphatic rings. The predicted octanol–water partition coefficient (Wildman–Crippen LogP) is -0.190. The van der Waals surface area contributed by atoms with Crippen LogP contribution in [0, 0.1) is 0 Å². The lowest BCUT2D eigenvalue weighted by atomic mass is 9.82. The second kappa shape index (κ2) is 6.13. The number of hydrogen-bond acceptors (Lipinski definition) is 3. The van der Waals surface area contributed by atoms with Crippen molar-refractivity contribution in [3.05, 3.63) is 0 Å². The number of rotatable bonds is 5. The van der Waals surface area contributed by atoms with Gasteiger partial charge in [0.1, 0.15) is 0 Å². The van der Waals surface area contributed by atoms with E-state index in [1.165, 1.54) is 0 Å².